The van der Waals surface area contributed by atoms with Gasteiger partial charge in [-0.1, -0.05) is 0 Å². The van der Waals surface area contributed by atoms with Gasteiger partial charge in [0.1, 0.15) is 15.0 Å². The average Bonchev–Trinajstić information content (AvgIpc) is 2.00. The second-order valence-corrected chi connectivity index (χ2v) is 3.88. The largest absolute Gasteiger partial charge is 1.00 e. The van der Waals surface area contributed by atoms with Gasteiger partial charge >= 0.3 is 35.2 Å². The van der Waals surface area contributed by atoms with Crippen LogP contribution in [0.5, 0.6) is 5.75 Å². The van der Waals surface area contributed by atoms with Crippen molar-refractivity contribution < 1.29 is 52.6 Å². The number of phenols is 1. The SMILES string of the molecule is Nc1ccc([N+](=O)[O-])c(O)c1S(=O)(=O)[O-].[Na+]. The summed E-state index contributed by atoms with van der Waals surface area (Å²) in [7, 11) is -5.05. The summed E-state index contributed by atoms with van der Waals surface area (Å²) in [5, 5.41) is 19.5. The van der Waals surface area contributed by atoms with E-state index in [9.17, 15) is 28.2 Å². The van der Waals surface area contributed by atoms with E-state index in [0.717, 1.165) is 12.1 Å². The number of nitrogens with two attached hydrogens (primary N) is 1. The molecule has 10 heteroatoms. The number of rotatable bonds is 2. The van der Waals surface area contributed by atoms with Crippen molar-refractivity contribution in [3.63, 3.8) is 0 Å². The Morgan fingerprint density at radius 3 is 2.25 bits per heavy atom. The molecule has 0 aromatic heterocycles. The zero-order valence-electron chi connectivity index (χ0n) is 8.08. The fourth-order valence-corrected chi connectivity index (χ4v) is 1.68. The zero-order chi connectivity index (χ0) is 11.8. The molecule has 0 saturated carbocycles. The number of hydrogen-bond acceptors (Lipinski definition) is 7. The number of nitrogens with zero attached hydrogens (tertiary/aromatic N) is 1. The van der Waals surface area contributed by atoms with Crippen LogP contribution in [-0.4, -0.2) is 23.0 Å². The summed E-state index contributed by atoms with van der Waals surface area (Å²) in [6, 6.07) is 1.67. The predicted octanol–water partition coefficient (Wildman–Crippen LogP) is -3.21. The zero-order valence-corrected chi connectivity index (χ0v) is 10.9. The molecule has 0 fully saturated rings. The van der Waals surface area contributed by atoms with E-state index in [4.69, 9.17) is 5.73 Å². The van der Waals surface area contributed by atoms with Crippen LogP contribution >= 0.6 is 0 Å². The van der Waals surface area contributed by atoms with Gasteiger partial charge in [0.2, 0.25) is 5.75 Å². The molecule has 0 radical (unpaired) electrons. The van der Waals surface area contributed by atoms with Crippen LogP contribution in [0.1, 0.15) is 0 Å². The van der Waals surface area contributed by atoms with E-state index in [1.165, 1.54) is 0 Å². The Morgan fingerprint density at radius 2 is 1.88 bits per heavy atom. The quantitative estimate of drug-likeness (QED) is 0.186. The minimum absolute atomic E-state index is 0. The van der Waals surface area contributed by atoms with Crippen LogP contribution < -0.4 is 35.3 Å². The Balaban J connectivity index is 0.00000225. The van der Waals surface area contributed by atoms with E-state index in [-0.39, 0.29) is 29.6 Å². The summed E-state index contributed by atoms with van der Waals surface area (Å²) in [4.78, 5) is 8.13. The van der Waals surface area contributed by atoms with Crippen molar-refractivity contribution in [3.8, 4) is 5.75 Å². The van der Waals surface area contributed by atoms with Gasteiger partial charge in [-0.2, -0.15) is 0 Å². The maximum Gasteiger partial charge on any atom is 1.00 e. The number of nitro groups is 1. The van der Waals surface area contributed by atoms with Gasteiger partial charge in [-0.05, 0) is 6.07 Å². The van der Waals surface area contributed by atoms with Gasteiger partial charge < -0.3 is 15.4 Å². The Kier molecular flexibility index (Phi) is 4.70. The summed E-state index contributed by atoms with van der Waals surface area (Å²) in [6.07, 6.45) is 0. The second-order valence-electron chi connectivity index (χ2n) is 2.56. The summed E-state index contributed by atoms with van der Waals surface area (Å²) in [5.74, 6) is -1.24. The molecule has 82 valence electrons. The number of aromatic hydroxyl groups is 1. The van der Waals surface area contributed by atoms with Crippen LogP contribution in [0, 0.1) is 10.1 Å². The Labute approximate surface area is 112 Å². The first-order chi connectivity index (χ1) is 6.75. The molecule has 0 heterocycles. The van der Waals surface area contributed by atoms with E-state index in [0.29, 0.717) is 0 Å². The van der Waals surface area contributed by atoms with E-state index >= 15 is 0 Å². The van der Waals surface area contributed by atoms with E-state index in [2.05, 4.69) is 0 Å². The molecule has 0 amide bonds. The molecule has 1 aromatic rings. The molecule has 0 aliphatic rings. The van der Waals surface area contributed by atoms with Crippen LogP contribution in [0.4, 0.5) is 11.4 Å². The van der Waals surface area contributed by atoms with Crippen LogP contribution in [0.15, 0.2) is 17.0 Å². The molecule has 0 unspecified atom stereocenters. The minimum Gasteiger partial charge on any atom is -0.744 e. The number of hydrogen-bond donors (Lipinski definition) is 2. The molecule has 0 atom stereocenters. The number of benzene rings is 1. The predicted molar refractivity (Wildman–Crippen MR) is 47.1 cm³/mol. The number of anilines is 1. The average molecular weight is 256 g/mol. The summed E-state index contributed by atoms with van der Waals surface area (Å²) in [6.45, 7) is 0. The van der Waals surface area contributed by atoms with Gasteiger partial charge in [-0.3, -0.25) is 10.1 Å². The third-order valence-corrected chi connectivity index (χ3v) is 2.52. The van der Waals surface area contributed by atoms with Gasteiger partial charge in [-0.15, -0.1) is 0 Å². The van der Waals surface area contributed by atoms with Crippen molar-refractivity contribution in [1.29, 1.82) is 0 Å². The first-order valence-corrected chi connectivity index (χ1v) is 4.87. The van der Waals surface area contributed by atoms with Crippen LogP contribution in [-0.2, 0) is 10.1 Å². The fraction of sp³-hybridized carbons (Fsp3) is 0. The van der Waals surface area contributed by atoms with Crippen molar-refractivity contribution in [2.75, 3.05) is 5.73 Å². The summed E-state index contributed by atoms with van der Waals surface area (Å²) in [5.41, 5.74) is 3.69. The maximum atomic E-state index is 10.6. The molecule has 0 spiro atoms. The number of nitrogen functional groups attached to an aromatic ring is 1. The third-order valence-electron chi connectivity index (χ3n) is 1.59. The normalized spacial score (nSPS) is 10.6. The van der Waals surface area contributed by atoms with Crippen molar-refractivity contribution in [1.82, 2.24) is 0 Å². The summed E-state index contributed by atoms with van der Waals surface area (Å²) < 4.78 is 31.9. The van der Waals surface area contributed by atoms with Crippen LogP contribution in [0.2, 0.25) is 0 Å². The van der Waals surface area contributed by atoms with Crippen molar-refractivity contribution in [3.05, 3.63) is 22.2 Å². The molecule has 0 aliphatic heterocycles. The van der Waals surface area contributed by atoms with Crippen LogP contribution in [0.25, 0.3) is 0 Å². The maximum absolute atomic E-state index is 10.6. The number of nitro benzene ring substituents is 1. The van der Waals surface area contributed by atoms with Gasteiger partial charge in [0.05, 0.1) is 10.6 Å². The fourth-order valence-electron chi connectivity index (χ4n) is 0.986. The van der Waals surface area contributed by atoms with Gasteiger partial charge in [0.15, 0.2) is 0 Å². The second kappa shape index (κ2) is 4.97. The molecule has 8 nitrogen and oxygen atoms in total. The molecule has 0 saturated heterocycles. The first-order valence-electron chi connectivity index (χ1n) is 3.47. The van der Waals surface area contributed by atoms with Crippen molar-refractivity contribution >= 4 is 21.5 Å². The molecular weight excluding hydrogens is 251 g/mol. The Hall–Kier alpha value is -0.870. The smallest absolute Gasteiger partial charge is 0.744 e. The minimum atomic E-state index is -5.05. The van der Waals surface area contributed by atoms with Crippen LogP contribution in [0.3, 0.4) is 0 Å². The van der Waals surface area contributed by atoms with E-state index in [1.807, 2.05) is 0 Å². The Bertz CT molecular complexity index is 528. The van der Waals surface area contributed by atoms with Gasteiger partial charge in [0, 0.05) is 6.07 Å². The monoisotopic (exact) mass is 256 g/mol. The number of phenolic OH excluding ortho intramolecular Hbond substituents is 1. The van der Waals surface area contributed by atoms with Crippen molar-refractivity contribution in [2.24, 2.45) is 0 Å². The van der Waals surface area contributed by atoms with E-state index in [1.54, 1.807) is 0 Å². The Morgan fingerprint density at radius 1 is 1.38 bits per heavy atom. The molecule has 0 aliphatic carbocycles. The van der Waals surface area contributed by atoms with Crippen molar-refractivity contribution in [2.45, 2.75) is 4.90 Å². The third kappa shape index (κ3) is 2.83. The van der Waals surface area contributed by atoms with Gasteiger partial charge in [0.25, 0.3) is 0 Å². The summed E-state index contributed by atoms with van der Waals surface area (Å²) >= 11 is 0. The molecular formula is C6H5N2NaO6S. The molecule has 0 bridgehead atoms. The molecule has 1 aromatic carbocycles. The molecule has 16 heavy (non-hydrogen) atoms. The topological polar surface area (TPSA) is 147 Å². The van der Waals surface area contributed by atoms with Gasteiger partial charge in [-0.25, -0.2) is 8.42 Å². The van der Waals surface area contributed by atoms with E-state index < -0.39 is 37.1 Å². The molecule has 3 N–H and O–H groups in total. The standard InChI is InChI=1S/C6H6N2O6S.Na/c7-3-1-2-4(8(10)11)5(9)6(3)15(12,13)14;/h1-2,9H,7H2,(H,12,13,14);/q;+1/p-1. The first kappa shape index (κ1) is 15.1. The molecule has 1 rings (SSSR count).